The second kappa shape index (κ2) is 8.33. The normalized spacial score (nSPS) is 17.1. The molecular weight excluding hydrogens is 359 g/mol. The predicted octanol–water partition coefficient (Wildman–Crippen LogP) is 1.59. The van der Waals surface area contributed by atoms with Crippen LogP contribution < -0.4 is 10.6 Å². The third-order valence-corrected chi connectivity index (χ3v) is 6.41. The van der Waals surface area contributed by atoms with Crippen molar-refractivity contribution in [1.29, 1.82) is 0 Å². The summed E-state index contributed by atoms with van der Waals surface area (Å²) in [6, 6.07) is 7.38. The third-order valence-electron chi connectivity index (χ3n) is 4.15. The maximum atomic E-state index is 12.5. The van der Waals surface area contributed by atoms with Gasteiger partial charge in [-0.1, -0.05) is 23.7 Å². The molecular formula is C15H22Cl2N2O3S. The standard InChI is InChI=1S/C15H21ClN2O3S.ClH/c1-22(20,21)15(7-10-17-11-8-15)14(19)18-9-6-12-2-4-13(16)5-3-12;/h2-5,17H,6-11H2,1H3,(H,18,19);1H. The number of amides is 1. The highest BCUT2D eigenvalue weighted by atomic mass is 35.5. The highest BCUT2D eigenvalue weighted by molar-refractivity contribution is 7.92. The summed E-state index contributed by atoms with van der Waals surface area (Å²) >= 11 is 5.82. The fourth-order valence-corrected chi connectivity index (χ4v) is 4.21. The molecule has 0 radical (unpaired) electrons. The second-order valence-corrected chi connectivity index (χ2v) is 8.41. The van der Waals surface area contributed by atoms with E-state index in [9.17, 15) is 13.2 Å². The predicted molar refractivity (Wildman–Crippen MR) is 95.1 cm³/mol. The van der Waals surface area contributed by atoms with Gasteiger partial charge >= 0.3 is 0 Å². The minimum Gasteiger partial charge on any atom is -0.354 e. The monoisotopic (exact) mass is 380 g/mol. The van der Waals surface area contributed by atoms with Gasteiger partial charge in [-0.2, -0.15) is 0 Å². The van der Waals surface area contributed by atoms with Gasteiger partial charge < -0.3 is 10.6 Å². The van der Waals surface area contributed by atoms with E-state index in [1.54, 1.807) is 12.1 Å². The van der Waals surface area contributed by atoms with Gasteiger partial charge in [-0.3, -0.25) is 4.79 Å². The lowest BCUT2D eigenvalue weighted by Gasteiger charge is -2.34. The highest BCUT2D eigenvalue weighted by Gasteiger charge is 2.48. The zero-order valence-corrected chi connectivity index (χ0v) is 15.4. The van der Waals surface area contributed by atoms with Crippen LogP contribution in [0.25, 0.3) is 0 Å². The van der Waals surface area contributed by atoms with Gasteiger partial charge in [0.2, 0.25) is 5.91 Å². The molecule has 0 aliphatic carbocycles. The molecule has 8 heteroatoms. The molecule has 0 spiro atoms. The van der Waals surface area contributed by atoms with Crippen LogP contribution in [0.1, 0.15) is 18.4 Å². The molecule has 0 unspecified atom stereocenters. The first kappa shape index (κ1) is 20.2. The number of piperidine rings is 1. The van der Waals surface area contributed by atoms with Gasteiger partial charge in [-0.15, -0.1) is 12.4 Å². The van der Waals surface area contributed by atoms with Gasteiger partial charge in [0.1, 0.15) is 0 Å². The van der Waals surface area contributed by atoms with Crippen LogP contribution in [-0.4, -0.2) is 45.0 Å². The molecule has 130 valence electrons. The zero-order valence-electron chi connectivity index (χ0n) is 13.0. The van der Waals surface area contributed by atoms with Gasteiger partial charge in [0, 0.05) is 17.8 Å². The summed E-state index contributed by atoms with van der Waals surface area (Å²) in [5.41, 5.74) is 1.04. The lowest BCUT2D eigenvalue weighted by atomic mass is 9.95. The van der Waals surface area contributed by atoms with Crippen LogP contribution in [-0.2, 0) is 21.1 Å². The van der Waals surface area contributed by atoms with Crippen LogP contribution in [0.5, 0.6) is 0 Å². The Kier molecular flexibility index (Phi) is 7.32. The van der Waals surface area contributed by atoms with E-state index < -0.39 is 14.6 Å². The van der Waals surface area contributed by atoms with Crippen molar-refractivity contribution >= 4 is 39.8 Å². The molecule has 1 heterocycles. The average molecular weight is 381 g/mol. The van der Waals surface area contributed by atoms with Crippen LogP contribution in [0.2, 0.25) is 5.02 Å². The molecule has 0 atom stereocenters. The number of nitrogens with one attached hydrogen (secondary N) is 2. The molecule has 1 amide bonds. The van der Waals surface area contributed by atoms with Crippen LogP contribution in [0, 0.1) is 0 Å². The van der Waals surface area contributed by atoms with E-state index in [2.05, 4.69) is 10.6 Å². The number of benzene rings is 1. The molecule has 0 bridgehead atoms. The van der Waals surface area contributed by atoms with Crippen molar-refractivity contribution in [2.45, 2.75) is 24.0 Å². The summed E-state index contributed by atoms with van der Waals surface area (Å²) in [6.45, 7) is 1.49. The number of carbonyl (C=O) groups excluding carboxylic acids is 1. The van der Waals surface area contributed by atoms with Crippen molar-refractivity contribution in [3.05, 3.63) is 34.9 Å². The number of hydrogen-bond acceptors (Lipinski definition) is 4. The zero-order chi connectivity index (χ0) is 16.2. The van der Waals surface area contributed by atoms with Crippen molar-refractivity contribution in [3.63, 3.8) is 0 Å². The van der Waals surface area contributed by atoms with Crippen molar-refractivity contribution < 1.29 is 13.2 Å². The van der Waals surface area contributed by atoms with Crippen molar-refractivity contribution in [1.82, 2.24) is 10.6 Å². The topological polar surface area (TPSA) is 75.3 Å². The Morgan fingerprint density at radius 3 is 2.35 bits per heavy atom. The number of halogens is 2. The Balaban J connectivity index is 0.00000264. The molecule has 1 aromatic carbocycles. The molecule has 0 aromatic heterocycles. The minimum absolute atomic E-state index is 0. The molecule has 1 aromatic rings. The van der Waals surface area contributed by atoms with E-state index in [0.29, 0.717) is 43.9 Å². The largest absolute Gasteiger partial charge is 0.354 e. The number of rotatable bonds is 5. The smallest absolute Gasteiger partial charge is 0.241 e. The van der Waals surface area contributed by atoms with Crippen LogP contribution >= 0.6 is 24.0 Å². The summed E-state index contributed by atoms with van der Waals surface area (Å²) < 4.78 is 22.9. The Bertz CT molecular complexity index is 627. The molecule has 23 heavy (non-hydrogen) atoms. The average Bonchev–Trinajstić information content (AvgIpc) is 2.49. The fourth-order valence-electron chi connectivity index (χ4n) is 2.73. The maximum Gasteiger partial charge on any atom is 0.241 e. The summed E-state index contributed by atoms with van der Waals surface area (Å²) in [7, 11) is -3.46. The van der Waals surface area contributed by atoms with Gasteiger partial charge in [0.15, 0.2) is 14.6 Å². The highest BCUT2D eigenvalue weighted by Crippen LogP contribution is 2.27. The number of hydrogen-bond donors (Lipinski definition) is 2. The number of carbonyl (C=O) groups is 1. The maximum absolute atomic E-state index is 12.5. The second-order valence-electron chi connectivity index (χ2n) is 5.65. The minimum atomic E-state index is -3.46. The van der Waals surface area contributed by atoms with E-state index in [1.807, 2.05) is 12.1 Å². The third kappa shape index (κ3) is 4.83. The molecule has 2 N–H and O–H groups in total. The van der Waals surface area contributed by atoms with E-state index in [-0.39, 0.29) is 18.3 Å². The Labute approximate surface area is 148 Å². The molecule has 1 aliphatic heterocycles. The first-order valence-corrected chi connectivity index (χ1v) is 9.55. The summed E-state index contributed by atoms with van der Waals surface area (Å²) in [5, 5.41) is 6.55. The van der Waals surface area contributed by atoms with Gasteiger partial charge in [0.05, 0.1) is 0 Å². The first-order chi connectivity index (χ1) is 10.3. The molecule has 1 aliphatic rings. The quantitative estimate of drug-likeness (QED) is 0.812. The van der Waals surface area contributed by atoms with E-state index in [4.69, 9.17) is 11.6 Å². The van der Waals surface area contributed by atoms with E-state index in [1.165, 1.54) is 0 Å². The molecule has 2 rings (SSSR count). The number of sulfone groups is 1. The van der Waals surface area contributed by atoms with Gasteiger partial charge in [-0.25, -0.2) is 8.42 Å². The molecule has 1 fully saturated rings. The lowest BCUT2D eigenvalue weighted by Crippen LogP contribution is -2.57. The summed E-state index contributed by atoms with van der Waals surface area (Å²) in [5.74, 6) is -0.384. The van der Waals surface area contributed by atoms with Crippen molar-refractivity contribution in [3.8, 4) is 0 Å². The molecule has 0 saturated carbocycles. The Morgan fingerprint density at radius 1 is 1.26 bits per heavy atom. The van der Waals surface area contributed by atoms with Crippen LogP contribution in [0.15, 0.2) is 24.3 Å². The Morgan fingerprint density at radius 2 is 1.83 bits per heavy atom. The lowest BCUT2D eigenvalue weighted by molar-refractivity contribution is -0.124. The Hall–Kier alpha value is -0.820. The van der Waals surface area contributed by atoms with Crippen molar-refractivity contribution in [2.75, 3.05) is 25.9 Å². The van der Waals surface area contributed by atoms with E-state index in [0.717, 1.165) is 11.8 Å². The van der Waals surface area contributed by atoms with Crippen molar-refractivity contribution in [2.24, 2.45) is 0 Å². The summed E-state index contributed by atoms with van der Waals surface area (Å²) in [4.78, 5) is 12.5. The molecule has 5 nitrogen and oxygen atoms in total. The van der Waals surface area contributed by atoms with Crippen LogP contribution in [0.4, 0.5) is 0 Å². The van der Waals surface area contributed by atoms with Gasteiger partial charge in [-0.05, 0) is 50.0 Å². The van der Waals surface area contributed by atoms with Gasteiger partial charge in [0.25, 0.3) is 0 Å². The van der Waals surface area contributed by atoms with E-state index >= 15 is 0 Å². The van der Waals surface area contributed by atoms with Crippen LogP contribution in [0.3, 0.4) is 0 Å². The first-order valence-electron chi connectivity index (χ1n) is 7.28. The fraction of sp³-hybridized carbons (Fsp3) is 0.533. The summed E-state index contributed by atoms with van der Waals surface area (Å²) in [6.07, 6.45) is 2.43. The molecule has 1 saturated heterocycles. The SMILES string of the molecule is CS(=O)(=O)C1(C(=O)NCCc2ccc(Cl)cc2)CCNCC1.Cl.